The van der Waals surface area contributed by atoms with Crippen LogP contribution in [-0.4, -0.2) is 74.1 Å². The Morgan fingerprint density at radius 3 is 1.81 bits per heavy atom. The van der Waals surface area contributed by atoms with E-state index in [1.54, 1.807) is 0 Å². The number of benzene rings is 4. The Balaban J connectivity index is 1.33. The SMILES string of the molecule is NC(=O)N(c1ccccc1)c1ccc(C(=O)N2CCNCC2)cc1N1CCN(C(c2ccccc2)c2ccccc2)CC1. The highest BCUT2D eigenvalue weighted by molar-refractivity contribution is 6.03. The number of para-hydroxylation sites is 1. The summed E-state index contributed by atoms with van der Waals surface area (Å²) in [5.74, 6) is 0.00601. The van der Waals surface area contributed by atoms with Crippen molar-refractivity contribution in [3.8, 4) is 0 Å². The van der Waals surface area contributed by atoms with E-state index in [1.807, 2.05) is 53.4 Å². The number of piperazine rings is 2. The van der Waals surface area contributed by atoms with Crippen LogP contribution in [0.3, 0.4) is 0 Å². The summed E-state index contributed by atoms with van der Waals surface area (Å²) in [6.07, 6.45) is 0. The molecule has 0 saturated carbocycles. The Morgan fingerprint density at radius 2 is 1.26 bits per heavy atom. The first kappa shape index (κ1) is 28.5. The van der Waals surface area contributed by atoms with Gasteiger partial charge < -0.3 is 20.9 Å². The second kappa shape index (κ2) is 13.1. The molecule has 0 radical (unpaired) electrons. The maximum absolute atomic E-state index is 13.5. The van der Waals surface area contributed by atoms with Gasteiger partial charge in [0.1, 0.15) is 0 Å². The highest BCUT2D eigenvalue weighted by Crippen LogP contribution is 2.37. The van der Waals surface area contributed by atoms with Gasteiger partial charge in [0.15, 0.2) is 0 Å². The lowest BCUT2D eigenvalue weighted by atomic mass is 9.96. The Hall–Kier alpha value is -4.66. The topological polar surface area (TPSA) is 85.1 Å². The lowest BCUT2D eigenvalue weighted by Crippen LogP contribution is -2.48. The average Bonchev–Trinajstić information content (AvgIpc) is 3.07. The molecule has 2 fully saturated rings. The van der Waals surface area contributed by atoms with Gasteiger partial charge in [0.25, 0.3) is 5.91 Å². The lowest BCUT2D eigenvalue weighted by Gasteiger charge is -2.42. The second-order valence-electron chi connectivity index (χ2n) is 11.0. The normalized spacial score (nSPS) is 15.8. The highest BCUT2D eigenvalue weighted by atomic mass is 16.2. The molecule has 0 aliphatic carbocycles. The van der Waals surface area contributed by atoms with Gasteiger partial charge in [0.05, 0.1) is 23.1 Å². The summed E-state index contributed by atoms with van der Waals surface area (Å²) in [7, 11) is 0. The third kappa shape index (κ3) is 6.26. The van der Waals surface area contributed by atoms with E-state index in [-0.39, 0.29) is 11.9 Å². The molecule has 4 aromatic carbocycles. The van der Waals surface area contributed by atoms with Gasteiger partial charge in [-0.15, -0.1) is 0 Å². The molecule has 4 aromatic rings. The van der Waals surface area contributed by atoms with Crippen molar-refractivity contribution < 1.29 is 9.59 Å². The summed E-state index contributed by atoms with van der Waals surface area (Å²) in [4.78, 5) is 34.7. The van der Waals surface area contributed by atoms with E-state index in [9.17, 15) is 9.59 Å². The van der Waals surface area contributed by atoms with E-state index in [0.717, 1.165) is 45.0 Å². The van der Waals surface area contributed by atoms with Gasteiger partial charge in [-0.1, -0.05) is 78.9 Å². The van der Waals surface area contributed by atoms with Gasteiger partial charge in [-0.05, 0) is 41.5 Å². The number of hydrogen-bond donors (Lipinski definition) is 2. The standard InChI is InChI=1S/C35H38N6O2/c36-35(43)41(30-14-8-3-9-15-30)31-17-16-29(34(42)40-20-18-37-19-21-40)26-32(31)38-22-24-39(25-23-38)33(27-10-4-1-5-11-27)28-12-6-2-7-13-28/h1-17,26,33,37H,18-25H2,(H2,36,43). The van der Waals surface area contributed by atoms with Crippen LogP contribution in [0.2, 0.25) is 0 Å². The largest absolute Gasteiger partial charge is 0.367 e. The maximum Gasteiger partial charge on any atom is 0.323 e. The molecule has 6 rings (SSSR count). The fourth-order valence-electron chi connectivity index (χ4n) is 6.22. The van der Waals surface area contributed by atoms with Gasteiger partial charge >= 0.3 is 6.03 Å². The van der Waals surface area contributed by atoms with Crippen LogP contribution in [0.25, 0.3) is 0 Å². The molecule has 3 amide bonds. The van der Waals surface area contributed by atoms with Crippen LogP contribution < -0.4 is 20.9 Å². The average molecular weight is 575 g/mol. The summed E-state index contributed by atoms with van der Waals surface area (Å²) >= 11 is 0. The Morgan fingerprint density at radius 1 is 0.698 bits per heavy atom. The number of hydrogen-bond acceptors (Lipinski definition) is 5. The van der Waals surface area contributed by atoms with Crippen molar-refractivity contribution in [2.75, 3.05) is 62.2 Å². The number of nitrogens with zero attached hydrogens (tertiary/aromatic N) is 4. The molecule has 3 N–H and O–H groups in total. The minimum Gasteiger partial charge on any atom is -0.367 e. The minimum absolute atomic E-state index is 0.00601. The van der Waals surface area contributed by atoms with Gasteiger partial charge in [0, 0.05) is 57.9 Å². The van der Waals surface area contributed by atoms with E-state index in [1.165, 1.54) is 16.0 Å². The molecule has 2 aliphatic heterocycles. The summed E-state index contributed by atoms with van der Waals surface area (Å²) < 4.78 is 0. The van der Waals surface area contributed by atoms with Gasteiger partial charge in [-0.25, -0.2) is 4.79 Å². The molecule has 2 saturated heterocycles. The zero-order valence-electron chi connectivity index (χ0n) is 24.3. The first-order valence-corrected chi connectivity index (χ1v) is 15.0. The zero-order valence-corrected chi connectivity index (χ0v) is 24.3. The van der Waals surface area contributed by atoms with E-state index < -0.39 is 6.03 Å². The van der Waals surface area contributed by atoms with Crippen LogP contribution in [0.4, 0.5) is 21.9 Å². The van der Waals surface area contributed by atoms with Crippen molar-refractivity contribution in [1.29, 1.82) is 0 Å². The van der Waals surface area contributed by atoms with Crippen molar-refractivity contribution in [2.45, 2.75) is 6.04 Å². The Bertz CT molecular complexity index is 1480. The molecule has 0 spiro atoms. The number of primary amides is 1. The van der Waals surface area contributed by atoms with Crippen LogP contribution >= 0.6 is 0 Å². The van der Waals surface area contributed by atoms with E-state index in [0.29, 0.717) is 30.0 Å². The Labute approximate surface area is 253 Å². The van der Waals surface area contributed by atoms with Crippen molar-refractivity contribution in [1.82, 2.24) is 15.1 Å². The number of nitrogens with two attached hydrogens (primary N) is 1. The van der Waals surface area contributed by atoms with Crippen molar-refractivity contribution in [2.24, 2.45) is 5.73 Å². The molecule has 8 nitrogen and oxygen atoms in total. The number of amides is 3. The third-order valence-electron chi connectivity index (χ3n) is 8.35. The van der Waals surface area contributed by atoms with Crippen LogP contribution in [0, 0.1) is 0 Å². The summed E-state index contributed by atoms with van der Waals surface area (Å²) in [5.41, 5.74) is 11.3. The van der Waals surface area contributed by atoms with Crippen LogP contribution in [0.1, 0.15) is 27.5 Å². The van der Waals surface area contributed by atoms with E-state index in [2.05, 4.69) is 75.8 Å². The first-order valence-electron chi connectivity index (χ1n) is 15.0. The number of carbonyl (C=O) groups is 2. The molecule has 0 bridgehead atoms. The summed E-state index contributed by atoms with van der Waals surface area (Å²) in [6, 6.07) is 35.9. The number of urea groups is 1. The number of carbonyl (C=O) groups excluding carboxylic acids is 2. The maximum atomic E-state index is 13.5. The van der Waals surface area contributed by atoms with Gasteiger partial charge in [0.2, 0.25) is 0 Å². The predicted octanol–water partition coefficient (Wildman–Crippen LogP) is 4.86. The van der Waals surface area contributed by atoms with E-state index >= 15 is 0 Å². The predicted molar refractivity (Wildman–Crippen MR) is 172 cm³/mol. The molecule has 43 heavy (non-hydrogen) atoms. The van der Waals surface area contributed by atoms with Crippen molar-refractivity contribution >= 4 is 29.0 Å². The summed E-state index contributed by atoms with van der Waals surface area (Å²) in [5, 5.41) is 3.31. The second-order valence-corrected chi connectivity index (χ2v) is 11.0. The fourth-order valence-corrected chi connectivity index (χ4v) is 6.22. The van der Waals surface area contributed by atoms with Crippen LogP contribution in [0.5, 0.6) is 0 Å². The molecular weight excluding hydrogens is 536 g/mol. The van der Waals surface area contributed by atoms with Crippen LogP contribution in [0.15, 0.2) is 109 Å². The Kier molecular flexibility index (Phi) is 8.67. The highest BCUT2D eigenvalue weighted by Gasteiger charge is 2.30. The molecule has 2 heterocycles. The third-order valence-corrected chi connectivity index (χ3v) is 8.35. The van der Waals surface area contributed by atoms with Gasteiger partial charge in [-0.3, -0.25) is 14.6 Å². The smallest absolute Gasteiger partial charge is 0.323 e. The van der Waals surface area contributed by atoms with Crippen LogP contribution in [-0.2, 0) is 0 Å². The molecule has 0 atom stereocenters. The quantitative estimate of drug-likeness (QED) is 0.329. The zero-order chi connectivity index (χ0) is 29.6. The monoisotopic (exact) mass is 574 g/mol. The molecular formula is C35H38N6O2. The summed E-state index contributed by atoms with van der Waals surface area (Å²) in [6.45, 7) is 6.00. The van der Waals surface area contributed by atoms with Gasteiger partial charge in [-0.2, -0.15) is 0 Å². The fraction of sp³-hybridized carbons (Fsp3) is 0.257. The number of anilines is 3. The number of nitrogens with one attached hydrogen (secondary N) is 1. The van der Waals surface area contributed by atoms with Crippen molar-refractivity contribution in [3.05, 3.63) is 126 Å². The minimum atomic E-state index is -0.569. The number of rotatable bonds is 7. The molecule has 0 unspecified atom stereocenters. The molecule has 8 heteroatoms. The van der Waals surface area contributed by atoms with Crippen molar-refractivity contribution in [3.63, 3.8) is 0 Å². The first-order chi connectivity index (χ1) is 21.1. The molecule has 220 valence electrons. The molecule has 2 aliphatic rings. The lowest BCUT2D eigenvalue weighted by molar-refractivity contribution is 0.0736. The molecule has 0 aromatic heterocycles. The van der Waals surface area contributed by atoms with E-state index in [4.69, 9.17) is 5.73 Å².